The van der Waals surface area contributed by atoms with E-state index in [1.807, 2.05) is 58.0 Å². The van der Waals surface area contributed by atoms with Crippen molar-refractivity contribution < 1.29 is 19.1 Å². The first kappa shape index (κ1) is 23.7. The quantitative estimate of drug-likeness (QED) is 0.630. The number of aryl methyl sites for hydroxylation is 1. The molecule has 1 heterocycles. The fraction of sp³-hybridized carbons (Fsp3) is 0.476. The number of ether oxygens (including phenoxy) is 2. The number of likely N-dealkylation sites (N-methyl/N-ethyl adjacent to an activating group) is 1. The van der Waals surface area contributed by atoms with Crippen LogP contribution < -0.4 is 0 Å². The van der Waals surface area contributed by atoms with Crippen molar-refractivity contribution >= 4 is 28.1 Å². The van der Waals surface area contributed by atoms with Crippen LogP contribution in [0.2, 0.25) is 0 Å². The van der Waals surface area contributed by atoms with Crippen LogP contribution in [-0.4, -0.2) is 57.9 Å². The van der Waals surface area contributed by atoms with E-state index in [4.69, 9.17) is 9.47 Å². The summed E-state index contributed by atoms with van der Waals surface area (Å²) in [4.78, 5) is 27.9. The second-order valence-electron chi connectivity index (χ2n) is 7.97. The number of hydrogen-bond donors (Lipinski definition) is 1. The average molecular weight is 481 g/mol. The summed E-state index contributed by atoms with van der Waals surface area (Å²) in [6.45, 7) is 8.27. The Hall–Kier alpha value is -2.55. The first-order valence-electron chi connectivity index (χ1n) is 9.66. The number of nitrogens with one attached hydrogen (secondary N) is 1. The van der Waals surface area contributed by atoms with E-state index in [0.29, 0.717) is 5.69 Å². The van der Waals surface area contributed by atoms with E-state index in [-0.39, 0.29) is 26.2 Å². The summed E-state index contributed by atoms with van der Waals surface area (Å²) in [7, 11) is 1.64. The summed E-state index contributed by atoms with van der Waals surface area (Å²) in [5.74, 6) is 0. The number of amides is 2. The van der Waals surface area contributed by atoms with Crippen LogP contribution in [0, 0.1) is 6.92 Å². The van der Waals surface area contributed by atoms with Crippen molar-refractivity contribution in [3.8, 4) is 0 Å². The molecule has 0 unspecified atom stereocenters. The van der Waals surface area contributed by atoms with Crippen LogP contribution in [0.3, 0.4) is 0 Å². The van der Waals surface area contributed by atoms with Gasteiger partial charge in [0.05, 0.1) is 16.7 Å². The van der Waals surface area contributed by atoms with Gasteiger partial charge in [-0.05, 0) is 49.2 Å². The van der Waals surface area contributed by atoms with Crippen LogP contribution >= 0.6 is 15.9 Å². The average Bonchev–Trinajstić information content (AvgIpc) is 3.00. The number of carbonyl (C=O) groups is 2. The summed E-state index contributed by atoms with van der Waals surface area (Å²) in [5.41, 5.74) is 1.86. The minimum Gasteiger partial charge on any atom is -0.445 e. The molecule has 0 saturated heterocycles. The molecule has 2 aromatic rings. The van der Waals surface area contributed by atoms with E-state index in [1.54, 1.807) is 7.05 Å². The highest BCUT2D eigenvalue weighted by Gasteiger charge is 2.23. The number of aromatic amines is 1. The van der Waals surface area contributed by atoms with Gasteiger partial charge in [-0.2, -0.15) is 5.10 Å². The molecule has 0 aliphatic carbocycles. The number of halogens is 1. The van der Waals surface area contributed by atoms with E-state index >= 15 is 0 Å². The molecule has 8 nitrogen and oxygen atoms in total. The molecule has 0 bridgehead atoms. The molecule has 2 amide bonds. The molecule has 0 atom stereocenters. The van der Waals surface area contributed by atoms with E-state index in [2.05, 4.69) is 26.1 Å². The molecule has 0 saturated carbocycles. The van der Waals surface area contributed by atoms with E-state index in [9.17, 15) is 9.59 Å². The van der Waals surface area contributed by atoms with Gasteiger partial charge < -0.3 is 19.3 Å². The Morgan fingerprint density at radius 1 is 1.13 bits per heavy atom. The van der Waals surface area contributed by atoms with Gasteiger partial charge in [-0.3, -0.25) is 5.10 Å². The molecule has 1 N–H and O–H groups in total. The SMILES string of the molecule is Cc1[nH]nc(CN(CCN(C)C(=O)OC(C)(C)C)C(=O)OCc2ccccc2)c1Br. The van der Waals surface area contributed by atoms with Gasteiger partial charge in [-0.1, -0.05) is 30.3 Å². The zero-order valence-corrected chi connectivity index (χ0v) is 19.7. The van der Waals surface area contributed by atoms with Gasteiger partial charge in [0.25, 0.3) is 0 Å². The molecule has 0 aliphatic heterocycles. The van der Waals surface area contributed by atoms with Gasteiger partial charge in [-0.25, -0.2) is 9.59 Å². The minimum atomic E-state index is -0.586. The van der Waals surface area contributed by atoms with Crippen molar-refractivity contribution in [2.75, 3.05) is 20.1 Å². The third-order valence-corrected chi connectivity index (χ3v) is 5.21. The summed E-state index contributed by atoms with van der Waals surface area (Å²) >= 11 is 3.48. The number of aromatic nitrogens is 2. The Morgan fingerprint density at radius 2 is 1.80 bits per heavy atom. The molecule has 0 spiro atoms. The fourth-order valence-corrected chi connectivity index (χ4v) is 2.80. The van der Waals surface area contributed by atoms with Gasteiger partial charge in [0, 0.05) is 25.8 Å². The molecule has 30 heavy (non-hydrogen) atoms. The lowest BCUT2D eigenvalue weighted by Gasteiger charge is -2.27. The minimum absolute atomic E-state index is 0.166. The monoisotopic (exact) mass is 480 g/mol. The van der Waals surface area contributed by atoms with Gasteiger partial charge >= 0.3 is 12.2 Å². The Bertz CT molecular complexity index is 848. The highest BCUT2D eigenvalue weighted by Crippen LogP contribution is 2.20. The molecule has 0 radical (unpaired) electrons. The predicted molar refractivity (Wildman–Crippen MR) is 117 cm³/mol. The molecular weight excluding hydrogens is 452 g/mol. The molecule has 164 valence electrons. The van der Waals surface area contributed by atoms with Crippen molar-refractivity contribution in [3.05, 3.63) is 51.8 Å². The van der Waals surface area contributed by atoms with Crippen LogP contribution in [0.15, 0.2) is 34.8 Å². The smallest absolute Gasteiger partial charge is 0.410 e. The van der Waals surface area contributed by atoms with Crippen LogP contribution in [0.25, 0.3) is 0 Å². The maximum atomic E-state index is 12.8. The van der Waals surface area contributed by atoms with Crippen molar-refractivity contribution in [3.63, 3.8) is 0 Å². The van der Waals surface area contributed by atoms with Crippen molar-refractivity contribution in [2.24, 2.45) is 0 Å². The lowest BCUT2D eigenvalue weighted by atomic mass is 10.2. The zero-order chi connectivity index (χ0) is 22.3. The highest BCUT2D eigenvalue weighted by molar-refractivity contribution is 9.10. The normalized spacial score (nSPS) is 11.1. The maximum absolute atomic E-state index is 12.8. The Kier molecular flexibility index (Phi) is 8.28. The van der Waals surface area contributed by atoms with Crippen molar-refractivity contribution in [1.29, 1.82) is 0 Å². The number of nitrogens with zero attached hydrogens (tertiary/aromatic N) is 3. The first-order chi connectivity index (χ1) is 14.1. The van der Waals surface area contributed by atoms with Crippen molar-refractivity contribution in [1.82, 2.24) is 20.0 Å². The molecule has 1 aromatic heterocycles. The maximum Gasteiger partial charge on any atom is 0.410 e. The number of hydrogen-bond acceptors (Lipinski definition) is 5. The van der Waals surface area contributed by atoms with Crippen LogP contribution in [-0.2, 0) is 22.6 Å². The Balaban J connectivity index is 2.03. The molecular formula is C21H29BrN4O4. The Morgan fingerprint density at radius 3 is 2.37 bits per heavy atom. The van der Waals surface area contributed by atoms with E-state index < -0.39 is 17.8 Å². The predicted octanol–water partition coefficient (Wildman–Crippen LogP) is 4.49. The lowest BCUT2D eigenvalue weighted by Crippen LogP contribution is -2.41. The summed E-state index contributed by atoms with van der Waals surface area (Å²) in [5, 5.41) is 7.13. The third kappa shape index (κ3) is 7.37. The summed E-state index contributed by atoms with van der Waals surface area (Å²) in [6, 6.07) is 9.46. The number of benzene rings is 1. The van der Waals surface area contributed by atoms with Gasteiger partial charge in [0.1, 0.15) is 12.2 Å². The Labute approximate surface area is 185 Å². The topological polar surface area (TPSA) is 87.8 Å². The standard InChI is InChI=1S/C21H29BrN4O4/c1-15-18(22)17(24-23-15)13-26(12-11-25(5)19(27)30-21(2,3)4)20(28)29-14-16-9-7-6-8-10-16/h6-10H,11-14H2,1-5H3,(H,23,24). The third-order valence-electron chi connectivity index (χ3n) is 4.16. The van der Waals surface area contributed by atoms with E-state index in [0.717, 1.165) is 15.7 Å². The number of H-pyrrole nitrogens is 1. The molecule has 0 fully saturated rings. The van der Waals surface area contributed by atoms with Gasteiger partial charge in [0.2, 0.25) is 0 Å². The molecule has 9 heteroatoms. The fourth-order valence-electron chi connectivity index (χ4n) is 2.50. The van der Waals surface area contributed by atoms with E-state index in [1.165, 1.54) is 9.80 Å². The summed E-state index contributed by atoms with van der Waals surface area (Å²) in [6.07, 6.45) is -0.930. The first-order valence-corrected chi connectivity index (χ1v) is 10.4. The molecule has 0 aliphatic rings. The second kappa shape index (κ2) is 10.5. The zero-order valence-electron chi connectivity index (χ0n) is 18.1. The molecule has 2 rings (SSSR count). The van der Waals surface area contributed by atoms with Gasteiger partial charge in [0.15, 0.2) is 0 Å². The summed E-state index contributed by atoms with van der Waals surface area (Å²) < 4.78 is 11.7. The largest absolute Gasteiger partial charge is 0.445 e. The van der Waals surface area contributed by atoms with Crippen LogP contribution in [0.4, 0.5) is 9.59 Å². The lowest BCUT2D eigenvalue weighted by molar-refractivity contribution is 0.0272. The number of rotatable bonds is 7. The highest BCUT2D eigenvalue weighted by atomic mass is 79.9. The van der Waals surface area contributed by atoms with Crippen LogP contribution in [0.5, 0.6) is 0 Å². The molecule has 1 aromatic carbocycles. The van der Waals surface area contributed by atoms with Crippen molar-refractivity contribution in [2.45, 2.75) is 46.4 Å². The second-order valence-corrected chi connectivity index (χ2v) is 8.77. The van der Waals surface area contributed by atoms with Gasteiger partial charge in [-0.15, -0.1) is 0 Å². The number of carbonyl (C=O) groups excluding carboxylic acids is 2. The van der Waals surface area contributed by atoms with Crippen LogP contribution in [0.1, 0.15) is 37.7 Å².